The third kappa shape index (κ3) is 3.77. The molecule has 2 atom stereocenters. The summed E-state index contributed by atoms with van der Waals surface area (Å²) < 4.78 is 7.24. The first-order chi connectivity index (χ1) is 13.1. The van der Waals surface area contributed by atoms with Gasteiger partial charge in [0.2, 0.25) is 0 Å². The number of furan rings is 1. The van der Waals surface area contributed by atoms with Crippen molar-refractivity contribution in [3.8, 4) is 17.1 Å². The minimum Gasteiger partial charge on any atom is -0.463 e. The molecule has 140 valence electrons. The Hall–Kier alpha value is -2.57. The molecule has 6 nitrogen and oxygen atoms in total. The maximum Gasteiger partial charge on any atom is 0.272 e. The summed E-state index contributed by atoms with van der Waals surface area (Å²) in [6.45, 7) is 3.95. The molecule has 2 unspecified atom stereocenters. The lowest BCUT2D eigenvalue weighted by Gasteiger charge is -2.29. The molecular formula is C20H21ClN4O2. The fraction of sp³-hybridized carbons (Fsp3) is 0.300. The highest BCUT2D eigenvalue weighted by atomic mass is 35.5. The van der Waals surface area contributed by atoms with E-state index < -0.39 is 0 Å². The predicted molar refractivity (Wildman–Crippen MR) is 104 cm³/mol. The van der Waals surface area contributed by atoms with Crippen molar-refractivity contribution in [2.75, 3.05) is 13.1 Å². The number of amides is 1. The Morgan fingerprint density at radius 3 is 2.85 bits per heavy atom. The fourth-order valence-corrected chi connectivity index (χ4v) is 3.47. The second kappa shape index (κ2) is 7.58. The lowest BCUT2D eigenvalue weighted by Crippen LogP contribution is -2.48. The van der Waals surface area contributed by atoms with Crippen molar-refractivity contribution in [1.29, 1.82) is 0 Å². The molecular weight excluding hydrogens is 364 g/mol. The number of nitrogens with one attached hydrogen (secondary N) is 2. The van der Waals surface area contributed by atoms with Crippen LogP contribution in [0, 0.1) is 5.92 Å². The Bertz CT molecular complexity index is 918. The first kappa shape index (κ1) is 17.8. The van der Waals surface area contributed by atoms with Crippen LogP contribution < -0.4 is 10.6 Å². The van der Waals surface area contributed by atoms with Crippen molar-refractivity contribution in [3.05, 3.63) is 59.4 Å². The number of hydrogen-bond donors (Lipinski definition) is 2. The molecule has 1 fully saturated rings. The van der Waals surface area contributed by atoms with Crippen LogP contribution in [0.25, 0.3) is 17.1 Å². The summed E-state index contributed by atoms with van der Waals surface area (Å²) in [4.78, 5) is 12.8. The molecule has 0 saturated carbocycles. The summed E-state index contributed by atoms with van der Waals surface area (Å²) in [6.07, 6.45) is 2.51. The van der Waals surface area contributed by atoms with E-state index in [1.165, 1.54) is 0 Å². The van der Waals surface area contributed by atoms with Gasteiger partial charge in [-0.3, -0.25) is 4.79 Å². The molecule has 1 amide bonds. The van der Waals surface area contributed by atoms with E-state index in [1.54, 1.807) is 29.1 Å². The molecule has 7 heteroatoms. The number of piperidine rings is 1. The standard InChI is InChI=1S/C20H21ClN4O2/c1-13-12-22-9-8-16(13)23-20(26)17-11-18(19-3-2-10-27-19)25(24-17)15-6-4-14(21)5-7-15/h2-7,10-11,13,16,22H,8-9,12H2,1H3,(H,23,26). The van der Waals surface area contributed by atoms with E-state index in [2.05, 4.69) is 22.7 Å². The van der Waals surface area contributed by atoms with E-state index in [1.807, 2.05) is 24.3 Å². The van der Waals surface area contributed by atoms with Crippen LogP contribution in [0.5, 0.6) is 0 Å². The van der Waals surface area contributed by atoms with E-state index >= 15 is 0 Å². The van der Waals surface area contributed by atoms with E-state index in [0.717, 1.165) is 25.2 Å². The summed E-state index contributed by atoms with van der Waals surface area (Å²) in [5.74, 6) is 0.853. The summed E-state index contributed by atoms with van der Waals surface area (Å²) in [6, 6.07) is 12.9. The van der Waals surface area contributed by atoms with Crippen LogP contribution in [0.4, 0.5) is 0 Å². The second-order valence-electron chi connectivity index (χ2n) is 6.83. The Morgan fingerprint density at radius 2 is 2.15 bits per heavy atom. The molecule has 2 N–H and O–H groups in total. The molecule has 1 aromatic carbocycles. The molecule has 0 radical (unpaired) electrons. The van der Waals surface area contributed by atoms with Crippen LogP contribution in [0.2, 0.25) is 5.02 Å². The van der Waals surface area contributed by atoms with Crippen LogP contribution in [0.3, 0.4) is 0 Å². The molecule has 2 aromatic heterocycles. The minimum atomic E-state index is -0.172. The zero-order chi connectivity index (χ0) is 18.8. The van der Waals surface area contributed by atoms with Crippen LogP contribution in [-0.4, -0.2) is 34.8 Å². The van der Waals surface area contributed by atoms with Gasteiger partial charge in [-0.15, -0.1) is 0 Å². The van der Waals surface area contributed by atoms with Gasteiger partial charge in [-0.25, -0.2) is 4.68 Å². The minimum absolute atomic E-state index is 0.145. The van der Waals surface area contributed by atoms with Crippen LogP contribution in [0.1, 0.15) is 23.8 Å². The normalized spacial score (nSPS) is 19.8. The van der Waals surface area contributed by atoms with Gasteiger partial charge in [0.1, 0.15) is 5.69 Å². The Kier molecular flexibility index (Phi) is 5.01. The Labute approximate surface area is 162 Å². The van der Waals surface area contributed by atoms with Gasteiger partial charge in [0.05, 0.1) is 12.0 Å². The largest absolute Gasteiger partial charge is 0.463 e. The smallest absolute Gasteiger partial charge is 0.272 e. The first-order valence-electron chi connectivity index (χ1n) is 9.03. The zero-order valence-electron chi connectivity index (χ0n) is 15.0. The molecule has 0 aliphatic carbocycles. The van der Waals surface area contributed by atoms with Gasteiger partial charge in [0.25, 0.3) is 5.91 Å². The summed E-state index contributed by atoms with van der Waals surface area (Å²) in [5.41, 5.74) is 1.88. The summed E-state index contributed by atoms with van der Waals surface area (Å²) >= 11 is 6.00. The van der Waals surface area contributed by atoms with E-state index in [4.69, 9.17) is 16.0 Å². The average molecular weight is 385 g/mol. The maximum atomic E-state index is 12.8. The van der Waals surface area contributed by atoms with Crippen molar-refractivity contribution in [2.24, 2.45) is 5.92 Å². The molecule has 27 heavy (non-hydrogen) atoms. The highest BCUT2D eigenvalue weighted by Crippen LogP contribution is 2.25. The molecule has 0 bridgehead atoms. The van der Waals surface area contributed by atoms with E-state index in [-0.39, 0.29) is 11.9 Å². The first-order valence-corrected chi connectivity index (χ1v) is 9.41. The number of rotatable bonds is 4. The van der Waals surface area contributed by atoms with Crippen LogP contribution in [-0.2, 0) is 0 Å². The van der Waals surface area contributed by atoms with Gasteiger partial charge in [0.15, 0.2) is 11.5 Å². The number of carbonyl (C=O) groups excluding carboxylic acids is 1. The van der Waals surface area contributed by atoms with Crippen LogP contribution >= 0.6 is 11.6 Å². The average Bonchev–Trinajstić information content (AvgIpc) is 3.33. The van der Waals surface area contributed by atoms with Crippen molar-refractivity contribution < 1.29 is 9.21 Å². The second-order valence-corrected chi connectivity index (χ2v) is 7.27. The molecule has 1 saturated heterocycles. The third-order valence-corrected chi connectivity index (χ3v) is 5.14. The van der Waals surface area contributed by atoms with Gasteiger partial charge in [-0.05, 0) is 61.8 Å². The highest BCUT2D eigenvalue weighted by Gasteiger charge is 2.25. The summed E-state index contributed by atoms with van der Waals surface area (Å²) in [7, 11) is 0. The topological polar surface area (TPSA) is 72.1 Å². The SMILES string of the molecule is CC1CNCCC1NC(=O)c1cc(-c2ccco2)n(-c2ccc(Cl)cc2)n1. The van der Waals surface area contributed by atoms with Crippen LogP contribution in [0.15, 0.2) is 53.1 Å². The monoisotopic (exact) mass is 384 g/mol. The lowest BCUT2D eigenvalue weighted by molar-refractivity contribution is 0.0908. The van der Waals surface area contributed by atoms with E-state index in [0.29, 0.717) is 28.1 Å². The predicted octanol–water partition coefficient (Wildman–Crippen LogP) is 3.51. The molecule has 1 aliphatic heterocycles. The van der Waals surface area contributed by atoms with Crippen molar-refractivity contribution in [2.45, 2.75) is 19.4 Å². The zero-order valence-corrected chi connectivity index (χ0v) is 15.7. The van der Waals surface area contributed by atoms with Gasteiger partial charge in [0, 0.05) is 17.1 Å². The van der Waals surface area contributed by atoms with Crippen molar-refractivity contribution >= 4 is 17.5 Å². The molecule has 1 aliphatic rings. The number of nitrogens with zero attached hydrogens (tertiary/aromatic N) is 2. The van der Waals surface area contributed by atoms with Crippen molar-refractivity contribution in [3.63, 3.8) is 0 Å². The summed E-state index contributed by atoms with van der Waals surface area (Å²) in [5, 5.41) is 11.7. The van der Waals surface area contributed by atoms with Gasteiger partial charge < -0.3 is 15.1 Å². The van der Waals surface area contributed by atoms with Gasteiger partial charge >= 0.3 is 0 Å². The molecule has 3 heterocycles. The third-order valence-electron chi connectivity index (χ3n) is 4.89. The maximum absolute atomic E-state index is 12.8. The number of aromatic nitrogens is 2. The Morgan fingerprint density at radius 1 is 1.33 bits per heavy atom. The molecule has 3 aromatic rings. The number of hydrogen-bond acceptors (Lipinski definition) is 4. The van der Waals surface area contributed by atoms with Gasteiger partial charge in [-0.2, -0.15) is 5.10 Å². The van der Waals surface area contributed by atoms with Gasteiger partial charge in [-0.1, -0.05) is 18.5 Å². The quantitative estimate of drug-likeness (QED) is 0.722. The molecule has 0 spiro atoms. The Balaban J connectivity index is 1.66. The molecule has 4 rings (SSSR count). The number of halogens is 1. The van der Waals surface area contributed by atoms with Crippen molar-refractivity contribution in [1.82, 2.24) is 20.4 Å². The highest BCUT2D eigenvalue weighted by molar-refractivity contribution is 6.30. The number of benzene rings is 1. The van der Waals surface area contributed by atoms with E-state index in [9.17, 15) is 4.79 Å². The fourth-order valence-electron chi connectivity index (χ4n) is 3.34. The lowest BCUT2D eigenvalue weighted by atomic mass is 9.95. The number of carbonyl (C=O) groups is 1.